The molecule has 3 rings (SSSR count). The fraction of sp³-hybridized carbons (Fsp3) is 0.609. The molecule has 2 aliphatic heterocycles. The summed E-state index contributed by atoms with van der Waals surface area (Å²) in [5.41, 5.74) is 6.40. The van der Waals surface area contributed by atoms with Crippen LogP contribution in [-0.4, -0.2) is 85.6 Å². The van der Waals surface area contributed by atoms with Crippen LogP contribution in [0.5, 0.6) is 0 Å². The molecule has 1 aromatic carbocycles. The van der Waals surface area contributed by atoms with Gasteiger partial charge < -0.3 is 25.6 Å². The number of sulfonamides is 1. The molecule has 1 aromatic rings. The molecule has 14 nitrogen and oxygen atoms in total. The van der Waals surface area contributed by atoms with Crippen LogP contribution in [0.25, 0.3) is 0 Å². The average Bonchev–Trinajstić information content (AvgIpc) is 3.01. The van der Waals surface area contributed by atoms with Gasteiger partial charge in [0.25, 0.3) is 5.96 Å². The Morgan fingerprint density at radius 2 is 1.95 bits per heavy atom. The fourth-order valence-electron chi connectivity index (χ4n) is 4.72. The van der Waals surface area contributed by atoms with E-state index in [1.54, 1.807) is 37.3 Å². The highest BCUT2D eigenvalue weighted by molar-refractivity contribution is 7.88. The number of carbonyl (C=O) groups excluding carboxylic acids is 2. The van der Waals surface area contributed by atoms with Gasteiger partial charge in [-0.1, -0.05) is 30.3 Å². The average molecular weight is 554 g/mol. The molecular weight excluding hydrogens is 518 g/mol. The first-order chi connectivity index (χ1) is 18.1. The molecule has 0 aromatic heterocycles. The number of rotatable bonds is 10. The highest BCUT2D eigenvalue weighted by Crippen LogP contribution is 2.20. The van der Waals surface area contributed by atoms with Crippen LogP contribution in [0, 0.1) is 10.1 Å². The number of nitro groups is 1. The van der Waals surface area contributed by atoms with Crippen LogP contribution in [0.4, 0.5) is 0 Å². The Labute approximate surface area is 221 Å². The maximum absolute atomic E-state index is 13.2. The first-order valence-electron chi connectivity index (χ1n) is 12.6. The van der Waals surface area contributed by atoms with Crippen LogP contribution in [0.15, 0.2) is 35.4 Å². The van der Waals surface area contributed by atoms with Crippen molar-refractivity contribution in [2.75, 3.05) is 26.2 Å². The van der Waals surface area contributed by atoms with Gasteiger partial charge in [0, 0.05) is 19.7 Å². The number of amides is 2. The highest BCUT2D eigenvalue weighted by atomic mass is 32.2. The third kappa shape index (κ3) is 8.36. The van der Waals surface area contributed by atoms with E-state index in [0.717, 1.165) is 0 Å². The van der Waals surface area contributed by atoms with Crippen molar-refractivity contribution in [3.05, 3.63) is 46.0 Å². The molecule has 2 saturated heterocycles. The summed E-state index contributed by atoms with van der Waals surface area (Å²) in [7, 11) is -3.79. The molecule has 2 heterocycles. The number of piperidine rings is 1. The van der Waals surface area contributed by atoms with E-state index in [4.69, 9.17) is 10.5 Å². The van der Waals surface area contributed by atoms with E-state index in [9.17, 15) is 28.1 Å². The lowest BCUT2D eigenvalue weighted by atomic mass is 10.0. The fourth-order valence-corrected chi connectivity index (χ4v) is 6.09. The standard InChI is InChI=1S/C23H35N7O7S/c1-2-37-22-19(12-8-14-29(22)23(24)26-30(33)34)25-20(31)15-28-13-7-6-11-18(21(28)32)27-38(35,36)16-17-9-4-3-5-10-17/h3-5,9-10,18-19,22,27H,2,6-8,11-16H2,1H3,(H2,24,26)(H,25,31). The van der Waals surface area contributed by atoms with E-state index in [0.29, 0.717) is 50.8 Å². The number of benzene rings is 1. The molecule has 2 amide bonds. The van der Waals surface area contributed by atoms with E-state index in [2.05, 4.69) is 15.1 Å². The lowest BCUT2D eigenvalue weighted by molar-refractivity contribution is -0.486. The molecule has 15 heteroatoms. The molecule has 3 unspecified atom stereocenters. The van der Waals surface area contributed by atoms with Gasteiger partial charge >= 0.3 is 0 Å². The van der Waals surface area contributed by atoms with Gasteiger partial charge in [-0.2, -0.15) is 0 Å². The second-order valence-electron chi connectivity index (χ2n) is 9.22. The predicted molar refractivity (Wildman–Crippen MR) is 138 cm³/mol. The van der Waals surface area contributed by atoms with Gasteiger partial charge in [0.15, 0.2) is 11.3 Å². The summed E-state index contributed by atoms with van der Waals surface area (Å²) >= 11 is 0. The van der Waals surface area contributed by atoms with Crippen LogP contribution < -0.4 is 15.8 Å². The number of guanidine groups is 1. The zero-order valence-electron chi connectivity index (χ0n) is 21.3. The van der Waals surface area contributed by atoms with Gasteiger partial charge in [-0.25, -0.2) is 23.3 Å². The molecule has 38 heavy (non-hydrogen) atoms. The molecule has 0 aliphatic carbocycles. The topological polar surface area (TPSA) is 190 Å². The molecule has 2 aliphatic rings. The Hall–Kier alpha value is -3.30. The Kier molecular flexibility index (Phi) is 10.4. The number of hydrogen-bond donors (Lipinski definition) is 3. The Morgan fingerprint density at radius 3 is 2.63 bits per heavy atom. The summed E-state index contributed by atoms with van der Waals surface area (Å²) in [4.78, 5) is 39.8. The van der Waals surface area contributed by atoms with Gasteiger partial charge in [0.2, 0.25) is 21.8 Å². The Bertz CT molecular complexity index is 1120. The van der Waals surface area contributed by atoms with Crippen molar-refractivity contribution in [1.82, 2.24) is 19.8 Å². The first-order valence-corrected chi connectivity index (χ1v) is 14.2. The number of ether oxygens (including phenoxy) is 1. The van der Waals surface area contributed by atoms with Gasteiger partial charge in [0.1, 0.15) is 11.1 Å². The van der Waals surface area contributed by atoms with Crippen molar-refractivity contribution in [1.29, 1.82) is 0 Å². The molecule has 4 N–H and O–H groups in total. The predicted octanol–water partition coefficient (Wildman–Crippen LogP) is -0.0633. The number of carbonyl (C=O) groups is 2. The summed E-state index contributed by atoms with van der Waals surface area (Å²) in [6, 6.07) is 7.17. The minimum atomic E-state index is -3.79. The number of nitrogens with one attached hydrogen (secondary N) is 2. The lowest BCUT2D eigenvalue weighted by Crippen LogP contribution is -2.61. The quantitative estimate of drug-likeness (QED) is 0.154. The number of likely N-dealkylation sites (tertiary alicyclic amines) is 2. The Morgan fingerprint density at radius 1 is 1.21 bits per heavy atom. The van der Waals surface area contributed by atoms with Crippen LogP contribution >= 0.6 is 0 Å². The monoisotopic (exact) mass is 553 g/mol. The second-order valence-corrected chi connectivity index (χ2v) is 11.0. The van der Waals surface area contributed by atoms with Crippen molar-refractivity contribution in [3.8, 4) is 0 Å². The van der Waals surface area contributed by atoms with Crippen molar-refractivity contribution < 1.29 is 27.8 Å². The second kappa shape index (κ2) is 13.5. The normalized spacial score (nSPS) is 23.1. The molecular formula is C23H35N7O7S. The molecule has 0 saturated carbocycles. The largest absolute Gasteiger partial charge is 0.364 e. The highest BCUT2D eigenvalue weighted by Gasteiger charge is 2.36. The smallest absolute Gasteiger partial charge is 0.270 e. The van der Waals surface area contributed by atoms with Crippen molar-refractivity contribution in [3.63, 3.8) is 0 Å². The summed E-state index contributed by atoms with van der Waals surface area (Å²) in [6.45, 7) is 2.45. The molecule has 0 bridgehead atoms. The number of nitrogens with two attached hydrogens (primary N) is 1. The third-order valence-corrected chi connectivity index (χ3v) is 7.72. The van der Waals surface area contributed by atoms with E-state index < -0.39 is 45.2 Å². The summed E-state index contributed by atoms with van der Waals surface area (Å²) in [6.07, 6.45) is 1.94. The minimum Gasteiger partial charge on any atom is -0.364 e. The molecule has 3 atom stereocenters. The zero-order chi connectivity index (χ0) is 27.7. The number of nitrogens with zero attached hydrogens (tertiary/aromatic N) is 4. The summed E-state index contributed by atoms with van der Waals surface area (Å²) in [5, 5.41) is 15.9. The van der Waals surface area contributed by atoms with Crippen molar-refractivity contribution in [2.24, 2.45) is 10.8 Å². The van der Waals surface area contributed by atoms with E-state index in [-0.39, 0.29) is 24.9 Å². The Balaban J connectivity index is 1.64. The van der Waals surface area contributed by atoms with Gasteiger partial charge in [-0.05, 0) is 44.6 Å². The van der Waals surface area contributed by atoms with Gasteiger partial charge in [-0.15, -0.1) is 0 Å². The van der Waals surface area contributed by atoms with Gasteiger partial charge in [-0.3, -0.25) is 9.59 Å². The maximum Gasteiger partial charge on any atom is 0.270 e. The SMILES string of the molecule is CCOC1C(NC(=O)CN2CCCCC(NS(=O)(=O)Cc3ccccc3)C2=O)CCCN1/C(N)=N/[N+](=O)[O-]. The van der Waals surface area contributed by atoms with E-state index in [1.165, 1.54) is 9.80 Å². The third-order valence-electron chi connectivity index (χ3n) is 6.36. The molecule has 0 radical (unpaired) electrons. The lowest BCUT2D eigenvalue weighted by Gasteiger charge is -2.40. The van der Waals surface area contributed by atoms with E-state index >= 15 is 0 Å². The van der Waals surface area contributed by atoms with E-state index in [1.807, 2.05) is 0 Å². The molecule has 210 valence electrons. The maximum atomic E-state index is 13.2. The van der Waals surface area contributed by atoms with Gasteiger partial charge in [0.05, 0.1) is 18.3 Å². The van der Waals surface area contributed by atoms with Crippen LogP contribution in [0.2, 0.25) is 0 Å². The number of hydrogen-bond acceptors (Lipinski definition) is 7. The molecule has 2 fully saturated rings. The molecule has 0 spiro atoms. The number of hydrazone groups is 1. The van der Waals surface area contributed by atoms with Crippen molar-refractivity contribution in [2.45, 2.75) is 63.1 Å². The zero-order valence-corrected chi connectivity index (χ0v) is 22.1. The van der Waals surface area contributed by atoms with Crippen LogP contribution in [0.1, 0.15) is 44.6 Å². The minimum absolute atomic E-state index is 0.252. The van der Waals surface area contributed by atoms with Crippen LogP contribution in [0.3, 0.4) is 0 Å². The van der Waals surface area contributed by atoms with Crippen LogP contribution in [-0.2, 0) is 30.1 Å². The summed E-state index contributed by atoms with van der Waals surface area (Å²) < 4.78 is 33.7. The summed E-state index contributed by atoms with van der Waals surface area (Å²) in [5.74, 6) is -1.48. The first kappa shape index (κ1) is 29.3. The van der Waals surface area contributed by atoms with Crippen molar-refractivity contribution >= 4 is 27.8 Å².